The number of aromatic nitrogens is 2. The molecular weight excluding hydrogens is 388 g/mol. The number of nitrogens with zero attached hydrogens (tertiary/aromatic N) is 2. The molecule has 2 aromatic carbocycles. The predicted molar refractivity (Wildman–Crippen MR) is 122 cm³/mol. The monoisotopic (exact) mass is 418 g/mol. The van der Waals surface area contributed by atoms with Gasteiger partial charge in [-0.3, -0.25) is 9.59 Å². The molecule has 1 heterocycles. The van der Waals surface area contributed by atoms with E-state index >= 15 is 0 Å². The van der Waals surface area contributed by atoms with Crippen LogP contribution in [-0.2, 0) is 17.8 Å². The number of rotatable bonds is 7. The Kier molecular flexibility index (Phi) is 6.65. The first-order chi connectivity index (χ1) is 15.1. The average molecular weight is 419 g/mol. The van der Waals surface area contributed by atoms with Crippen molar-refractivity contribution in [3.8, 4) is 0 Å². The van der Waals surface area contributed by atoms with Gasteiger partial charge in [0.05, 0.1) is 11.0 Å². The fraction of sp³-hybridized carbons (Fsp3) is 0.400. The number of nitrogens with one attached hydrogen (secondary N) is 2. The molecule has 162 valence electrons. The molecule has 0 unspecified atom stereocenters. The summed E-state index contributed by atoms with van der Waals surface area (Å²) in [4.78, 5) is 30.0. The minimum absolute atomic E-state index is 0.0280. The second-order valence-electron chi connectivity index (χ2n) is 8.33. The average Bonchev–Trinajstić information content (AvgIpc) is 3.12. The lowest BCUT2D eigenvalue weighted by Crippen LogP contribution is -2.38. The third-order valence-corrected chi connectivity index (χ3v) is 6.03. The Morgan fingerprint density at radius 1 is 1.03 bits per heavy atom. The maximum Gasteiger partial charge on any atom is 0.251 e. The van der Waals surface area contributed by atoms with Crippen LogP contribution < -0.4 is 10.6 Å². The summed E-state index contributed by atoms with van der Waals surface area (Å²) in [5.41, 5.74) is 3.45. The lowest BCUT2D eigenvalue weighted by molar-refractivity contribution is -0.122. The van der Waals surface area contributed by atoms with Gasteiger partial charge in [0.25, 0.3) is 5.91 Å². The van der Waals surface area contributed by atoms with E-state index in [4.69, 9.17) is 4.98 Å². The van der Waals surface area contributed by atoms with Crippen LogP contribution in [0.2, 0.25) is 0 Å². The van der Waals surface area contributed by atoms with Crippen LogP contribution >= 0.6 is 0 Å². The van der Waals surface area contributed by atoms with Crippen LogP contribution in [0.3, 0.4) is 0 Å². The van der Waals surface area contributed by atoms with E-state index in [9.17, 15) is 9.59 Å². The molecule has 0 aliphatic heterocycles. The van der Waals surface area contributed by atoms with Crippen molar-refractivity contribution in [1.29, 1.82) is 0 Å². The molecule has 0 atom stereocenters. The number of carbonyl (C=O) groups is 2. The number of amides is 2. The Balaban J connectivity index is 1.44. The lowest BCUT2D eigenvalue weighted by Gasteiger charge is -2.23. The molecule has 2 amide bonds. The highest BCUT2D eigenvalue weighted by Gasteiger charge is 2.18. The lowest BCUT2D eigenvalue weighted by atomic mass is 9.95. The molecule has 0 radical (unpaired) electrons. The zero-order chi connectivity index (χ0) is 21.6. The second kappa shape index (κ2) is 9.77. The highest BCUT2D eigenvalue weighted by Crippen LogP contribution is 2.19. The Morgan fingerprint density at radius 2 is 1.77 bits per heavy atom. The van der Waals surface area contributed by atoms with E-state index in [1.165, 1.54) is 19.3 Å². The zero-order valence-corrected chi connectivity index (χ0v) is 18.1. The first-order valence-electron chi connectivity index (χ1n) is 11.2. The van der Waals surface area contributed by atoms with Crippen molar-refractivity contribution in [2.24, 2.45) is 0 Å². The number of para-hydroxylation sites is 2. The van der Waals surface area contributed by atoms with E-state index in [0.29, 0.717) is 18.5 Å². The topological polar surface area (TPSA) is 76.0 Å². The molecule has 1 aliphatic rings. The van der Waals surface area contributed by atoms with E-state index < -0.39 is 0 Å². The van der Waals surface area contributed by atoms with Crippen molar-refractivity contribution >= 4 is 22.8 Å². The highest BCUT2D eigenvalue weighted by atomic mass is 16.2. The maximum absolute atomic E-state index is 12.7. The van der Waals surface area contributed by atoms with E-state index in [1.54, 1.807) is 0 Å². The van der Waals surface area contributed by atoms with Gasteiger partial charge in [-0.15, -0.1) is 0 Å². The van der Waals surface area contributed by atoms with Crippen molar-refractivity contribution < 1.29 is 9.59 Å². The highest BCUT2D eigenvalue weighted by molar-refractivity contribution is 5.95. The molecule has 0 spiro atoms. The van der Waals surface area contributed by atoms with Crippen molar-refractivity contribution in [1.82, 2.24) is 20.2 Å². The number of hydrogen-bond donors (Lipinski definition) is 2. The van der Waals surface area contributed by atoms with Crippen molar-refractivity contribution in [3.05, 3.63) is 65.5 Å². The van der Waals surface area contributed by atoms with Gasteiger partial charge in [-0.25, -0.2) is 4.98 Å². The zero-order valence-electron chi connectivity index (χ0n) is 18.1. The van der Waals surface area contributed by atoms with Gasteiger partial charge in [0.2, 0.25) is 5.91 Å². The standard InChI is InChI=1S/C25H30N4O2/c1-18-9-5-6-12-20(18)25(31)26-16-15-23-28-21-13-7-8-14-22(21)29(23)17-24(30)27-19-10-3-2-4-11-19/h5-9,12-14,19H,2-4,10-11,15-17H2,1H3,(H,26,31)(H,27,30). The smallest absolute Gasteiger partial charge is 0.251 e. The van der Waals surface area contributed by atoms with Gasteiger partial charge in [0.15, 0.2) is 0 Å². The van der Waals surface area contributed by atoms with E-state index in [0.717, 1.165) is 35.3 Å². The number of carbonyl (C=O) groups excluding carboxylic acids is 2. The summed E-state index contributed by atoms with van der Waals surface area (Å²) in [6, 6.07) is 15.7. The SMILES string of the molecule is Cc1ccccc1C(=O)NCCc1nc2ccccc2n1CC(=O)NC1CCCCC1. The summed E-state index contributed by atoms with van der Waals surface area (Å²) in [5, 5.41) is 6.18. The van der Waals surface area contributed by atoms with Crippen molar-refractivity contribution in [2.75, 3.05) is 6.54 Å². The molecule has 2 N–H and O–H groups in total. The van der Waals surface area contributed by atoms with Crippen molar-refractivity contribution in [3.63, 3.8) is 0 Å². The van der Waals surface area contributed by atoms with E-state index in [1.807, 2.05) is 60.0 Å². The number of benzene rings is 2. The fourth-order valence-corrected chi connectivity index (χ4v) is 4.37. The summed E-state index contributed by atoms with van der Waals surface area (Å²) in [5.74, 6) is 0.751. The third kappa shape index (κ3) is 5.13. The molecule has 3 aromatic rings. The van der Waals surface area contributed by atoms with Gasteiger partial charge in [-0.05, 0) is 43.5 Å². The molecule has 0 bridgehead atoms. The quantitative estimate of drug-likeness (QED) is 0.613. The summed E-state index contributed by atoms with van der Waals surface area (Å²) in [6.45, 7) is 2.64. The third-order valence-electron chi connectivity index (χ3n) is 6.03. The Hall–Kier alpha value is -3.15. The Labute approximate surface area is 183 Å². The normalized spacial score (nSPS) is 14.5. The van der Waals surface area contributed by atoms with Crippen LogP contribution in [0.25, 0.3) is 11.0 Å². The summed E-state index contributed by atoms with van der Waals surface area (Å²) in [6.07, 6.45) is 6.32. The van der Waals surface area contributed by atoms with Crippen molar-refractivity contribution in [2.45, 2.75) is 58.0 Å². The molecule has 31 heavy (non-hydrogen) atoms. The Morgan fingerprint density at radius 3 is 2.58 bits per heavy atom. The summed E-state index contributed by atoms with van der Waals surface area (Å²) < 4.78 is 1.98. The van der Waals surface area contributed by atoms with Gasteiger partial charge in [-0.1, -0.05) is 49.6 Å². The summed E-state index contributed by atoms with van der Waals surface area (Å²) in [7, 11) is 0. The second-order valence-corrected chi connectivity index (χ2v) is 8.33. The van der Waals surface area contributed by atoms with E-state index in [2.05, 4.69) is 10.6 Å². The molecular formula is C25H30N4O2. The number of fused-ring (bicyclic) bond motifs is 1. The van der Waals surface area contributed by atoms with Crippen LogP contribution in [0.15, 0.2) is 48.5 Å². The number of imidazole rings is 1. The van der Waals surface area contributed by atoms with Crippen LogP contribution in [0.4, 0.5) is 0 Å². The molecule has 1 aliphatic carbocycles. The predicted octanol–water partition coefficient (Wildman–Crippen LogP) is 3.77. The van der Waals surface area contributed by atoms with Crippen LogP contribution in [0.1, 0.15) is 53.8 Å². The van der Waals surface area contributed by atoms with E-state index in [-0.39, 0.29) is 24.4 Å². The molecule has 1 fully saturated rings. The molecule has 6 nitrogen and oxygen atoms in total. The first-order valence-corrected chi connectivity index (χ1v) is 11.2. The number of hydrogen-bond acceptors (Lipinski definition) is 3. The van der Waals surface area contributed by atoms with Crippen LogP contribution in [0.5, 0.6) is 0 Å². The van der Waals surface area contributed by atoms with Gasteiger partial charge >= 0.3 is 0 Å². The first kappa shape index (κ1) is 21.1. The molecule has 4 rings (SSSR count). The largest absolute Gasteiger partial charge is 0.352 e. The van der Waals surface area contributed by atoms with Gasteiger partial charge < -0.3 is 15.2 Å². The molecule has 6 heteroatoms. The van der Waals surface area contributed by atoms with Gasteiger partial charge in [0, 0.05) is 24.6 Å². The minimum Gasteiger partial charge on any atom is -0.352 e. The van der Waals surface area contributed by atoms with Crippen LogP contribution in [-0.4, -0.2) is 34.0 Å². The summed E-state index contributed by atoms with van der Waals surface area (Å²) >= 11 is 0. The fourth-order valence-electron chi connectivity index (χ4n) is 4.37. The molecule has 0 saturated heterocycles. The number of aryl methyl sites for hydroxylation is 1. The maximum atomic E-state index is 12.7. The minimum atomic E-state index is -0.0872. The van der Waals surface area contributed by atoms with Gasteiger partial charge in [0.1, 0.15) is 12.4 Å². The van der Waals surface area contributed by atoms with Gasteiger partial charge in [-0.2, -0.15) is 0 Å². The Bertz CT molecular complexity index is 1070. The molecule has 1 aromatic heterocycles. The van der Waals surface area contributed by atoms with Crippen LogP contribution in [0, 0.1) is 6.92 Å². The molecule has 1 saturated carbocycles.